The van der Waals surface area contributed by atoms with E-state index < -0.39 is 5.54 Å². The highest BCUT2D eigenvalue weighted by Crippen LogP contribution is 2.40. The van der Waals surface area contributed by atoms with E-state index in [9.17, 15) is 4.79 Å². The molecule has 0 radical (unpaired) electrons. The van der Waals surface area contributed by atoms with Crippen molar-refractivity contribution >= 4 is 5.91 Å². The number of hydrogen-bond donors (Lipinski definition) is 0. The standard InChI is InChI=1S/C27H35N5O4/c1-7-31-20(10-11-28-31)25-29-24(26(33)30-12-13-35-16-27(30,4)5)19-9-8-18-14-22(34-6)23(36-17(2)3)15-21(18)32(19)25/h10-11,14-15,17H,7-9,12-13,16H2,1-6H3. The summed E-state index contributed by atoms with van der Waals surface area (Å²) in [7, 11) is 1.66. The molecule has 3 aromatic rings. The quantitative estimate of drug-likeness (QED) is 0.518. The Hall–Kier alpha value is -3.33. The molecular formula is C27H35N5O4. The van der Waals surface area contributed by atoms with Crippen molar-refractivity contribution < 1.29 is 19.0 Å². The number of aromatic nitrogens is 4. The number of carbonyl (C=O) groups is 1. The van der Waals surface area contributed by atoms with Gasteiger partial charge in [-0.1, -0.05) is 0 Å². The molecule has 1 saturated heterocycles. The van der Waals surface area contributed by atoms with Crippen LogP contribution in [0.2, 0.25) is 0 Å². The summed E-state index contributed by atoms with van der Waals surface area (Å²) in [4.78, 5) is 20.9. The fourth-order valence-corrected chi connectivity index (χ4v) is 5.18. The molecule has 0 atom stereocenters. The van der Waals surface area contributed by atoms with Crippen molar-refractivity contribution in [3.05, 3.63) is 41.3 Å². The van der Waals surface area contributed by atoms with E-state index in [1.807, 2.05) is 62.4 Å². The zero-order valence-electron chi connectivity index (χ0n) is 22.0. The SMILES string of the molecule is CCn1nccc1-c1nc(C(=O)N2CCOCC2(C)C)c2n1-c1cc(OC(C)C)c(OC)cc1CC2. The molecule has 5 rings (SSSR count). The molecule has 0 aliphatic carbocycles. The lowest BCUT2D eigenvalue weighted by atomic mass is 9.98. The highest BCUT2D eigenvalue weighted by Gasteiger charge is 2.38. The topological polar surface area (TPSA) is 83.6 Å². The Morgan fingerprint density at radius 3 is 2.72 bits per heavy atom. The van der Waals surface area contributed by atoms with Crippen LogP contribution in [0.15, 0.2) is 24.4 Å². The highest BCUT2D eigenvalue weighted by molar-refractivity contribution is 5.95. The summed E-state index contributed by atoms with van der Waals surface area (Å²) in [5.74, 6) is 2.03. The van der Waals surface area contributed by atoms with Crippen molar-refractivity contribution in [3.63, 3.8) is 0 Å². The van der Waals surface area contributed by atoms with Gasteiger partial charge in [0.1, 0.15) is 5.69 Å². The second-order valence-electron chi connectivity index (χ2n) is 10.2. The number of benzene rings is 1. The van der Waals surface area contributed by atoms with Gasteiger partial charge in [0.15, 0.2) is 23.0 Å². The second kappa shape index (κ2) is 9.28. The van der Waals surface area contributed by atoms with Crippen LogP contribution in [0.1, 0.15) is 56.4 Å². The molecule has 0 bridgehead atoms. The van der Waals surface area contributed by atoms with Gasteiger partial charge in [-0.25, -0.2) is 4.98 Å². The molecule has 1 aromatic carbocycles. The molecule has 192 valence electrons. The molecule has 2 aromatic heterocycles. The van der Waals surface area contributed by atoms with E-state index in [1.54, 1.807) is 13.3 Å². The van der Waals surface area contributed by atoms with Gasteiger partial charge in [-0.15, -0.1) is 0 Å². The van der Waals surface area contributed by atoms with Crippen LogP contribution < -0.4 is 9.47 Å². The second-order valence-corrected chi connectivity index (χ2v) is 10.2. The Labute approximate surface area is 212 Å². The van der Waals surface area contributed by atoms with E-state index in [4.69, 9.17) is 19.2 Å². The first-order chi connectivity index (χ1) is 17.2. The predicted octanol–water partition coefficient (Wildman–Crippen LogP) is 3.90. The zero-order valence-corrected chi connectivity index (χ0v) is 22.0. The maximum Gasteiger partial charge on any atom is 0.274 e. The third-order valence-corrected chi connectivity index (χ3v) is 6.91. The van der Waals surface area contributed by atoms with Gasteiger partial charge in [-0.05, 0) is 65.2 Å². The minimum absolute atomic E-state index is 0.00974. The van der Waals surface area contributed by atoms with E-state index >= 15 is 0 Å². The number of ether oxygens (including phenoxy) is 3. The Morgan fingerprint density at radius 2 is 2.03 bits per heavy atom. The molecule has 9 heteroatoms. The molecule has 0 unspecified atom stereocenters. The summed E-state index contributed by atoms with van der Waals surface area (Å²) >= 11 is 0. The maximum absolute atomic E-state index is 14.0. The molecule has 1 amide bonds. The number of hydrogen-bond acceptors (Lipinski definition) is 6. The van der Waals surface area contributed by atoms with Crippen molar-refractivity contribution in [2.45, 2.75) is 65.6 Å². The Morgan fingerprint density at radius 1 is 1.22 bits per heavy atom. The first-order valence-electron chi connectivity index (χ1n) is 12.7. The third kappa shape index (κ3) is 4.05. The van der Waals surface area contributed by atoms with E-state index in [-0.39, 0.29) is 12.0 Å². The fourth-order valence-electron chi connectivity index (χ4n) is 5.18. The summed E-state index contributed by atoms with van der Waals surface area (Å²) in [5, 5.41) is 4.47. The van der Waals surface area contributed by atoms with Crippen LogP contribution in [0.25, 0.3) is 17.2 Å². The molecule has 9 nitrogen and oxygen atoms in total. The number of fused-ring (bicyclic) bond motifs is 3. The predicted molar refractivity (Wildman–Crippen MR) is 136 cm³/mol. The maximum atomic E-state index is 14.0. The van der Waals surface area contributed by atoms with Crippen LogP contribution in [0.3, 0.4) is 0 Å². The normalized spacial score (nSPS) is 16.6. The molecule has 36 heavy (non-hydrogen) atoms. The third-order valence-electron chi connectivity index (χ3n) is 6.91. The minimum Gasteiger partial charge on any atom is -0.493 e. The van der Waals surface area contributed by atoms with Crippen LogP contribution in [0.4, 0.5) is 0 Å². The summed E-state index contributed by atoms with van der Waals surface area (Å²) in [6.45, 7) is 12.4. The highest BCUT2D eigenvalue weighted by atomic mass is 16.5. The lowest BCUT2D eigenvalue weighted by Crippen LogP contribution is -2.55. The van der Waals surface area contributed by atoms with E-state index in [0.717, 1.165) is 29.1 Å². The van der Waals surface area contributed by atoms with Crippen LogP contribution >= 0.6 is 0 Å². The molecule has 4 heterocycles. The van der Waals surface area contributed by atoms with Crippen LogP contribution in [0.5, 0.6) is 11.5 Å². The Balaban J connectivity index is 1.72. The van der Waals surface area contributed by atoms with Crippen molar-refractivity contribution in [1.82, 2.24) is 24.2 Å². The average molecular weight is 494 g/mol. The lowest BCUT2D eigenvalue weighted by Gasteiger charge is -2.41. The Bertz CT molecular complexity index is 1290. The Kier molecular flexibility index (Phi) is 6.28. The summed E-state index contributed by atoms with van der Waals surface area (Å²) in [5.41, 5.74) is 3.96. The zero-order chi connectivity index (χ0) is 25.6. The monoisotopic (exact) mass is 493 g/mol. The van der Waals surface area contributed by atoms with Gasteiger partial charge in [0, 0.05) is 25.4 Å². The van der Waals surface area contributed by atoms with Crippen molar-refractivity contribution in [3.8, 4) is 28.7 Å². The molecular weight excluding hydrogens is 458 g/mol. The van der Waals surface area contributed by atoms with Gasteiger partial charge in [0.25, 0.3) is 5.91 Å². The first kappa shape index (κ1) is 24.4. The van der Waals surface area contributed by atoms with Crippen molar-refractivity contribution in [2.24, 2.45) is 0 Å². The van der Waals surface area contributed by atoms with Gasteiger partial charge >= 0.3 is 0 Å². The minimum atomic E-state index is -0.407. The van der Waals surface area contributed by atoms with Crippen LogP contribution in [0, 0.1) is 0 Å². The molecule has 0 saturated carbocycles. The summed E-state index contributed by atoms with van der Waals surface area (Å²) in [6.07, 6.45) is 3.24. The van der Waals surface area contributed by atoms with Crippen molar-refractivity contribution in [2.75, 3.05) is 26.9 Å². The fraction of sp³-hybridized carbons (Fsp3) is 0.519. The van der Waals surface area contributed by atoms with E-state index in [1.165, 1.54) is 0 Å². The molecule has 2 aliphatic rings. The lowest BCUT2D eigenvalue weighted by molar-refractivity contribution is -0.0373. The summed E-state index contributed by atoms with van der Waals surface area (Å²) < 4.78 is 21.4. The number of imidazole rings is 1. The number of nitrogens with zero attached hydrogens (tertiary/aromatic N) is 5. The van der Waals surface area contributed by atoms with Gasteiger partial charge in [-0.2, -0.15) is 5.10 Å². The van der Waals surface area contributed by atoms with Gasteiger partial charge in [-0.3, -0.25) is 14.0 Å². The molecule has 1 fully saturated rings. The molecule has 2 aliphatic heterocycles. The van der Waals surface area contributed by atoms with Gasteiger partial charge in [0.05, 0.1) is 43.3 Å². The van der Waals surface area contributed by atoms with Crippen LogP contribution in [-0.4, -0.2) is 68.6 Å². The largest absolute Gasteiger partial charge is 0.493 e. The van der Waals surface area contributed by atoms with Crippen LogP contribution in [-0.2, 0) is 24.1 Å². The number of amides is 1. The molecule has 0 N–H and O–H groups in total. The number of aryl methyl sites for hydroxylation is 2. The number of carbonyl (C=O) groups excluding carboxylic acids is 1. The number of rotatable bonds is 6. The summed E-state index contributed by atoms with van der Waals surface area (Å²) in [6, 6.07) is 6.01. The van der Waals surface area contributed by atoms with Gasteiger partial charge in [0.2, 0.25) is 0 Å². The average Bonchev–Trinajstić information content (AvgIpc) is 3.47. The number of methoxy groups -OCH3 is 1. The molecule has 0 spiro atoms. The van der Waals surface area contributed by atoms with E-state index in [0.29, 0.717) is 55.7 Å². The first-order valence-corrected chi connectivity index (χ1v) is 12.7. The van der Waals surface area contributed by atoms with Crippen molar-refractivity contribution in [1.29, 1.82) is 0 Å². The number of morpholine rings is 1. The van der Waals surface area contributed by atoms with E-state index in [2.05, 4.69) is 9.67 Å². The smallest absolute Gasteiger partial charge is 0.274 e. The van der Waals surface area contributed by atoms with Gasteiger partial charge < -0.3 is 19.1 Å².